The maximum Gasteiger partial charge on any atom is 0.259 e. The fourth-order valence-electron chi connectivity index (χ4n) is 5.14. The number of carbonyl (C=O) groups excluding carboxylic acids is 1. The molecule has 0 aliphatic carbocycles. The van der Waals surface area contributed by atoms with E-state index in [0.29, 0.717) is 24.3 Å². The van der Waals surface area contributed by atoms with Crippen molar-refractivity contribution in [2.75, 3.05) is 31.1 Å². The van der Waals surface area contributed by atoms with Crippen LogP contribution in [-0.4, -0.2) is 51.6 Å². The Kier molecular flexibility index (Phi) is 6.05. The van der Waals surface area contributed by atoms with E-state index in [1.807, 2.05) is 16.3 Å². The molecule has 0 radical (unpaired) electrons. The second-order valence-electron chi connectivity index (χ2n) is 9.72. The largest absolute Gasteiger partial charge is 0.368 e. The molecule has 2 aromatic heterocycles. The molecule has 0 N–H and O–H groups in total. The summed E-state index contributed by atoms with van der Waals surface area (Å²) < 4.78 is 1.83. The van der Waals surface area contributed by atoms with Gasteiger partial charge in [0.25, 0.3) is 5.91 Å². The highest BCUT2D eigenvalue weighted by Crippen LogP contribution is 2.25. The van der Waals surface area contributed by atoms with Crippen LogP contribution in [-0.2, 0) is 6.42 Å². The molecule has 0 bridgehead atoms. The molecule has 5 rings (SSSR count). The highest BCUT2D eigenvalue weighted by molar-refractivity contribution is 5.99. The number of hydrogen-bond donors (Lipinski definition) is 0. The number of amides is 1. The molecule has 35 heavy (non-hydrogen) atoms. The van der Waals surface area contributed by atoms with Gasteiger partial charge in [0.05, 0.1) is 6.20 Å². The van der Waals surface area contributed by atoms with Crippen LogP contribution in [0.2, 0.25) is 0 Å². The molecule has 0 atom stereocenters. The molecule has 6 heteroatoms. The standard InChI is InChI=1S/C29H33N5O/c1-19-8-6-10-24(16-19)17-25-22(4)31-28-26(18-30-34(28)23(25)5)29(35)33-14-12-32(13-15-33)27-11-7-9-20(2)21(27)3/h6-11,16,18H,12-15,17H2,1-5H3. The summed E-state index contributed by atoms with van der Waals surface area (Å²) in [7, 11) is 0. The maximum absolute atomic E-state index is 13.5. The molecule has 0 unspecified atom stereocenters. The summed E-state index contributed by atoms with van der Waals surface area (Å²) in [6, 6.07) is 15.0. The predicted molar refractivity (Wildman–Crippen MR) is 140 cm³/mol. The van der Waals surface area contributed by atoms with E-state index in [1.54, 1.807) is 6.20 Å². The fraction of sp³-hybridized carbons (Fsp3) is 0.345. The van der Waals surface area contributed by atoms with Gasteiger partial charge in [-0.1, -0.05) is 42.0 Å². The van der Waals surface area contributed by atoms with Crippen LogP contribution in [0.5, 0.6) is 0 Å². The van der Waals surface area contributed by atoms with Crippen LogP contribution in [0.1, 0.15) is 49.6 Å². The lowest BCUT2D eigenvalue weighted by Gasteiger charge is -2.37. The van der Waals surface area contributed by atoms with Crippen LogP contribution in [0.15, 0.2) is 48.7 Å². The number of benzene rings is 2. The van der Waals surface area contributed by atoms with Crippen molar-refractivity contribution >= 4 is 17.2 Å². The second kappa shape index (κ2) is 9.17. The molecule has 3 heterocycles. The van der Waals surface area contributed by atoms with Gasteiger partial charge in [0.1, 0.15) is 5.56 Å². The molecule has 1 fully saturated rings. The Morgan fingerprint density at radius 1 is 0.943 bits per heavy atom. The monoisotopic (exact) mass is 467 g/mol. The fourth-order valence-corrected chi connectivity index (χ4v) is 5.14. The SMILES string of the molecule is Cc1cccc(Cc2c(C)nc3c(C(=O)N4CCN(c5cccc(C)c5C)CC4)cnn3c2C)c1. The number of anilines is 1. The quantitative estimate of drug-likeness (QED) is 0.432. The zero-order chi connectivity index (χ0) is 24.7. The van der Waals surface area contributed by atoms with Crippen molar-refractivity contribution in [3.05, 3.63) is 93.4 Å². The molecular formula is C29H33N5O. The summed E-state index contributed by atoms with van der Waals surface area (Å²) in [5, 5.41) is 4.58. The van der Waals surface area contributed by atoms with Gasteiger partial charge in [-0.15, -0.1) is 0 Å². The van der Waals surface area contributed by atoms with Crippen LogP contribution in [0.3, 0.4) is 0 Å². The van der Waals surface area contributed by atoms with E-state index in [0.717, 1.165) is 36.5 Å². The van der Waals surface area contributed by atoms with E-state index < -0.39 is 0 Å². The Balaban J connectivity index is 1.37. The zero-order valence-electron chi connectivity index (χ0n) is 21.3. The number of rotatable bonds is 4. The molecule has 1 aliphatic rings. The topological polar surface area (TPSA) is 53.7 Å². The number of fused-ring (bicyclic) bond motifs is 1. The Bertz CT molecular complexity index is 1410. The third-order valence-corrected chi connectivity index (χ3v) is 7.39. The summed E-state index contributed by atoms with van der Waals surface area (Å²) >= 11 is 0. The highest BCUT2D eigenvalue weighted by atomic mass is 16.2. The van der Waals surface area contributed by atoms with E-state index in [1.165, 1.54) is 27.9 Å². The lowest BCUT2D eigenvalue weighted by molar-refractivity contribution is 0.0748. The van der Waals surface area contributed by atoms with Gasteiger partial charge in [-0.25, -0.2) is 9.50 Å². The van der Waals surface area contributed by atoms with E-state index in [2.05, 4.69) is 80.2 Å². The molecule has 180 valence electrons. The van der Waals surface area contributed by atoms with Gasteiger partial charge in [0.15, 0.2) is 5.65 Å². The highest BCUT2D eigenvalue weighted by Gasteiger charge is 2.26. The van der Waals surface area contributed by atoms with Crippen LogP contribution in [0, 0.1) is 34.6 Å². The van der Waals surface area contributed by atoms with Crippen molar-refractivity contribution in [3.63, 3.8) is 0 Å². The molecule has 0 spiro atoms. The van der Waals surface area contributed by atoms with Crippen molar-refractivity contribution in [2.45, 2.75) is 41.0 Å². The van der Waals surface area contributed by atoms with Gasteiger partial charge in [0, 0.05) is 49.7 Å². The Labute approximate surface area is 207 Å². The zero-order valence-corrected chi connectivity index (χ0v) is 21.3. The summed E-state index contributed by atoms with van der Waals surface area (Å²) in [4.78, 5) is 22.7. The van der Waals surface area contributed by atoms with Crippen LogP contribution in [0.25, 0.3) is 5.65 Å². The lowest BCUT2D eigenvalue weighted by atomic mass is 10.0. The van der Waals surface area contributed by atoms with Crippen molar-refractivity contribution in [1.29, 1.82) is 0 Å². The Morgan fingerprint density at radius 2 is 1.69 bits per heavy atom. The average molecular weight is 468 g/mol. The number of aryl methyl sites for hydroxylation is 4. The van der Waals surface area contributed by atoms with Crippen molar-refractivity contribution in [3.8, 4) is 0 Å². The van der Waals surface area contributed by atoms with Crippen LogP contribution in [0.4, 0.5) is 5.69 Å². The number of piperazine rings is 1. The van der Waals surface area contributed by atoms with E-state index in [4.69, 9.17) is 4.98 Å². The van der Waals surface area contributed by atoms with Gasteiger partial charge in [0.2, 0.25) is 0 Å². The van der Waals surface area contributed by atoms with Gasteiger partial charge in [-0.05, 0) is 62.9 Å². The smallest absolute Gasteiger partial charge is 0.259 e. The predicted octanol–water partition coefficient (Wildman–Crippen LogP) is 4.82. The summed E-state index contributed by atoms with van der Waals surface area (Å²) in [5.74, 6) is 0.0124. The molecule has 0 saturated carbocycles. The number of carbonyl (C=O) groups is 1. The Hall–Kier alpha value is -3.67. The van der Waals surface area contributed by atoms with Crippen LogP contribution < -0.4 is 4.90 Å². The first-order chi connectivity index (χ1) is 16.8. The second-order valence-corrected chi connectivity index (χ2v) is 9.72. The first-order valence-electron chi connectivity index (χ1n) is 12.3. The molecule has 1 amide bonds. The third-order valence-electron chi connectivity index (χ3n) is 7.39. The van der Waals surface area contributed by atoms with Gasteiger partial charge >= 0.3 is 0 Å². The Morgan fingerprint density at radius 3 is 2.43 bits per heavy atom. The van der Waals surface area contributed by atoms with Crippen LogP contribution >= 0.6 is 0 Å². The van der Waals surface area contributed by atoms with E-state index >= 15 is 0 Å². The molecule has 4 aromatic rings. The minimum absolute atomic E-state index is 0.0124. The number of aromatic nitrogens is 3. The minimum Gasteiger partial charge on any atom is -0.368 e. The lowest BCUT2D eigenvalue weighted by Crippen LogP contribution is -2.49. The summed E-state index contributed by atoms with van der Waals surface area (Å²) in [5.41, 5.74) is 10.7. The molecule has 2 aromatic carbocycles. The number of nitrogens with zero attached hydrogens (tertiary/aromatic N) is 5. The summed E-state index contributed by atoms with van der Waals surface area (Å²) in [6.45, 7) is 13.5. The van der Waals surface area contributed by atoms with Gasteiger partial charge < -0.3 is 9.80 Å². The average Bonchev–Trinajstić information content (AvgIpc) is 3.27. The minimum atomic E-state index is 0.0124. The third kappa shape index (κ3) is 4.29. The first-order valence-corrected chi connectivity index (χ1v) is 12.3. The molecular weight excluding hydrogens is 434 g/mol. The van der Waals surface area contributed by atoms with Gasteiger partial charge in [-0.3, -0.25) is 4.79 Å². The normalized spacial score (nSPS) is 14.1. The van der Waals surface area contributed by atoms with Crippen molar-refractivity contribution in [1.82, 2.24) is 19.5 Å². The molecule has 1 saturated heterocycles. The molecule has 1 aliphatic heterocycles. The van der Waals surface area contributed by atoms with E-state index in [-0.39, 0.29) is 5.91 Å². The summed E-state index contributed by atoms with van der Waals surface area (Å²) in [6.07, 6.45) is 2.48. The van der Waals surface area contributed by atoms with E-state index in [9.17, 15) is 4.79 Å². The molecule has 6 nitrogen and oxygen atoms in total. The number of hydrogen-bond acceptors (Lipinski definition) is 4. The maximum atomic E-state index is 13.5. The van der Waals surface area contributed by atoms with Crippen molar-refractivity contribution < 1.29 is 4.79 Å². The van der Waals surface area contributed by atoms with Crippen molar-refractivity contribution in [2.24, 2.45) is 0 Å². The van der Waals surface area contributed by atoms with Gasteiger partial charge in [-0.2, -0.15) is 5.10 Å². The first kappa shape index (κ1) is 23.1.